The van der Waals surface area contributed by atoms with Gasteiger partial charge in [-0.3, -0.25) is 4.90 Å². The van der Waals surface area contributed by atoms with Crippen LogP contribution in [0.2, 0.25) is 0 Å². The van der Waals surface area contributed by atoms with E-state index in [1.165, 1.54) is 0 Å². The summed E-state index contributed by atoms with van der Waals surface area (Å²) in [6.07, 6.45) is 0.699. The summed E-state index contributed by atoms with van der Waals surface area (Å²) >= 11 is 0. The number of hydrogen-bond acceptors (Lipinski definition) is 5. The van der Waals surface area contributed by atoms with Gasteiger partial charge in [-0.05, 0) is 13.0 Å². The van der Waals surface area contributed by atoms with Crippen molar-refractivity contribution in [1.29, 1.82) is 0 Å². The molecule has 0 amide bonds. The number of unbranched alkanes of at least 4 members (excludes halogenated alkanes) is 1. The van der Waals surface area contributed by atoms with Crippen LogP contribution in [0, 0.1) is 0 Å². The minimum absolute atomic E-state index is 0.0156. The summed E-state index contributed by atoms with van der Waals surface area (Å²) < 4.78 is 0. The molecule has 1 unspecified atom stereocenters. The van der Waals surface area contributed by atoms with Crippen LogP contribution in [0.1, 0.15) is 26.2 Å². The van der Waals surface area contributed by atoms with Crippen LogP contribution in [0.15, 0.2) is 0 Å². The molecule has 0 heterocycles. The topological polar surface area (TPSA) is 84.2 Å². The van der Waals surface area contributed by atoms with E-state index < -0.39 is 6.29 Å². The lowest BCUT2D eigenvalue weighted by Gasteiger charge is -2.30. The molecule has 0 spiro atoms. The maximum Gasteiger partial charge on any atom is 0.153 e. The van der Waals surface area contributed by atoms with Crippen molar-refractivity contribution in [1.82, 2.24) is 4.90 Å². The van der Waals surface area contributed by atoms with E-state index in [0.717, 1.165) is 19.4 Å². The second-order valence-electron chi connectivity index (χ2n) is 3.67. The highest BCUT2D eigenvalue weighted by Gasteiger charge is 2.19. The second-order valence-corrected chi connectivity index (χ2v) is 3.67. The Hall–Kier alpha value is -0.200. The van der Waals surface area contributed by atoms with Crippen molar-refractivity contribution in [2.75, 3.05) is 26.3 Å². The first-order valence-corrected chi connectivity index (χ1v) is 5.47. The highest BCUT2D eigenvalue weighted by molar-refractivity contribution is 4.71. The predicted molar refractivity (Wildman–Crippen MR) is 57.3 cm³/mol. The Labute approximate surface area is 91.0 Å². The van der Waals surface area contributed by atoms with Crippen LogP contribution < -0.4 is 0 Å². The Morgan fingerprint density at radius 3 is 2.20 bits per heavy atom. The first-order valence-electron chi connectivity index (χ1n) is 5.47. The molecule has 0 aromatic rings. The van der Waals surface area contributed by atoms with Crippen LogP contribution in [-0.4, -0.2) is 64.0 Å². The first-order chi connectivity index (χ1) is 7.15. The molecule has 0 aliphatic carbocycles. The van der Waals surface area contributed by atoms with Crippen molar-refractivity contribution in [2.24, 2.45) is 0 Å². The van der Waals surface area contributed by atoms with E-state index in [-0.39, 0.29) is 25.7 Å². The van der Waals surface area contributed by atoms with Crippen molar-refractivity contribution in [2.45, 2.75) is 38.5 Å². The average molecular weight is 221 g/mol. The Bertz CT molecular complexity index is 143. The first kappa shape index (κ1) is 14.8. The largest absolute Gasteiger partial charge is 0.395 e. The summed E-state index contributed by atoms with van der Waals surface area (Å²) in [5.41, 5.74) is 0. The lowest BCUT2D eigenvalue weighted by molar-refractivity contribution is -0.0691. The maximum atomic E-state index is 9.13. The van der Waals surface area contributed by atoms with Crippen molar-refractivity contribution in [3.05, 3.63) is 0 Å². The van der Waals surface area contributed by atoms with Crippen molar-refractivity contribution in [3.8, 4) is 0 Å². The molecule has 15 heavy (non-hydrogen) atoms. The highest BCUT2D eigenvalue weighted by Crippen LogP contribution is 2.07. The molecule has 0 aromatic carbocycles. The van der Waals surface area contributed by atoms with Gasteiger partial charge in [-0.1, -0.05) is 13.3 Å². The van der Waals surface area contributed by atoms with Crippen LogP contribution in [0.4, 0.5) is 0 Å². The van der Waals surface area contributed by atoms with E-state index in [2.05, 4.69) is 6.92 Å². The third-order valence-corrected chi connectivity index (χ3v) is 2.40. The van der Waals surface area contributed by atoms with Gasteiger partial charge in [0, 0.05) is 19.0 Å². The molecule has 4 N–H and O–H groups in total. The van der Waals surface area contributed by atoms with Gasteiger partial charge in [0.1, 0.15) is 0 Å². The normalized spacial score (nSPS) is 13.8. The quantitative estimate of drug-likeness (QED) is 0.381. The molecular formula is C10H23NO4. The highest BCUT2D eigenvalue weighted by atomic mass is 16.5. The summed E-state index contributed by atoms with van der Waals surface area (Å²) in [4.78, 5) is 1.89. The molecule has 92 valence electrons. The van der Waals surface area contributed by atoms with Crippen molar-refractivity contribution >= 4 is 0 Å². The summed E-state index contributed by atoms with van der Waals surface area (Å²) in [5, 5.41) is 35.7. The number of hydrogen-bond donors (Lipinski definition) is 4. The van der Waals surface area contributed by atoms with Gasteiger partial charge in [0.15, 0.2) is 6.29 Å². The molecule has 0 saturated heterocycles. The molecule has 0 radical (unpaired) electrons. The summed E-state index contributed by atoms with van der Waals surface area (Å²) in [6, 6.07) is -0.288. The van der Waals surface area contributed by atoms with Gasteiger partial charge in [0.25, 0.3) is 0 Å². The fraction of sp³-hybridized carbons (Fsp3) is 1.00. The predicted octanol–water partition coefficient (Wildman–Crippen LogP) is -0.858. The third-order valence-electron chi connectivity index (χ3n) is 2.40. The lowest BCUT2D eigenvalue weighted by atomic mass is 10.1. The van der Waals surface area contributed by atoms with Gasteiger partial charge in [-0.15, -0.1) is 0 Å². The minimum atomic E-state index is -1.41. The third kappa shape index (κ3) is 6.81. The molecule has 0 fully saturated rings. The smallest absolute Gasteiger partial charge is 0.153 e. The standard InChI is InChI=1S/C10H23NO4/c1-2-3-4-11(5-6-12)9(8-13)7-10(14)15/h9-10,12-15H,2-8H2,1H3. The number of nitrogens with zero attached hydrogens (tertiary/aromatic N) is 1. The molecule has 5 heteroatoms. The van der Waals surface area contributed by atoms with E-state index in [0.29, 0.717) is 6.54 Å². The second kappa shape index (κ2) is 9.06. The molecule has 0 aliphatic heterocycles. The van der Waals surface area contributed by atoms with Crippen LogP contribution >= 0.6 is 0 Å². The van der Waals surface area contributed by atoms with Crippen molar-refractivity contribution < 1.29 is 20.4 Å². The fourth-order valence-electron chi connectivity index (χ4n) is 1.55. The van der Waals surface area contributed by atoms with E-state index in [9.17, 15) is 0 Å². The van der Waals surface area contributed by atoms with Gasteiger partial charge >= 0.3 is 0 Å². The van der Waals surface area contributed by atoms with Crippen LogP contribution in [0.3, 0.4) is 0 Å². The molecule has 1 atom stereocenters. The monoisotopic (exact) mass is 221 g/mol. The summed E-state index contributed by atoms with van der Waals surface area (Å²) in [6.45, 7) is 3.17. The minimum Gasteiger partial charge on any atom is -0.395 e. The Balaban J connectivity index is 4.12. The van der Waals surface area contributed by atoms with Crippen molar-refractivity contribution in [3.63, 3.8) is 0 Å². The van der Waals surface area contributed by atoms with E-state index in [4.69, 9.17) is 20.4 Å². The van der Waals surface area contributed by atoms with E-state index >= 15 is 0 Å². The lowest BCUT2D eigenvalue weighted by Crippen LogP contribution is -2.42. The molecule has 0 aromatic heterocycles. The van der Waals surface area contributed by atoms with Crippen LogP contribution in [-0.2, 0) is 0 Å². The van der Waals surface area contributed by atoms with Gasteiger partial charge in [0.05, 0.1) is 13.2 Å². The van der Waals surface area contributed by atoms with E-state index in [1.54, 1.807) is 0 Å². The van der Waals surface area contributed by atoms with Gasteiger partial charge < -0.3 is 20.4 Å². The maximum absolute atomic E-state index is 9.13. The SMILES string of the molecule is CCCCN(CCO)C(CO)CC(O)O. The van der Waals surface area contributed by atoms with Crippen LogP contribution in [0.25, 0.3) is 0 Å². The summed E-state index contributed by atoms with van der Waals surface area (Å²) in [7, 11) is 0. The van der Waals surface area contributed by atoms with Gasteiger partial charge in [-0.25, -0.2) is 0 Å². The number of aliphatic hydroxyl groups is 4. The Kier molecular flexibility index (Phi) is 8.94. The zero-order chi connectivity index (χ0) is 11.7. The van der Waals surface area contributed by atoms with Gasteiger partial charge in [-0.2, -0.15) is 0 Å². The van der Waals surface area contributed by atoms with E-state index in [1.807, 2.05) is 4.90 Å². The average Bonchev–Trinajstić information content (AvgIpc) is 2.20. The fourth-order valence-corrected chi connectivity index (χ4v) is 1.55. The molecule has 0 saturated carbocycles. The molecule has 5 nitrogen and oxygen atoms in total. The van der Waals surface area contributed by atoms with Crippen LogP contribution in [0.5, 0.6) is 0 Å². The van der Waals surface area contributed by atoms with Gasteiger partial charge in [0.2, 0.25) is 0 Å². The zero-order valence-electron chi connectivity index (χ0n) is 9.34. The zero-order valence-corrected chi connectivity index (χ0v) is 9.34. The number of rotatable bonds is 9. The molecule has 0 bridgehead atoms. The Morgan fingerprint density at radius 1 is 1.13 bits per heavy atom. The molecule has 0 rings (SSSR count). The Morgan fingerprint density at radius 2 is 1.80 bits per heavy atom. The molecular weight excluding hydrogens is 198 g/mol. The summed E-state index contributed by atoms with van der Waals surface area (Å²) in [5.74, 6) is 0. The number of aliphatic hydroxyl groups excluding tert-OH is 3. The molecule has 0 aliphatic rings.